The molecule has 0 aliphatic carbocycles. The predicted molar refractivity (Wildman–Crippen MR) is 187 cm³/mol. The van der Waals surface area contributed by atoms with Crippen LogP contribution in [0.15, 0.2) is 143 Å². The van der Waals surface area contributed by atoms with E-state index in [-0.39, 0.29) is 17.7 Å². The Hall–Kier alpha value is -6.13. The molecule has 0 N–H and O–H groups in total. The molecule has 0 saturated heterocycles. The molecule has 7 rings (SSSR count). The molecule has 6 aromatic rings. The highest BCUT2D eigenvalue weighted by Crippen LogP contribution is 2.31. The Labute approximate surface area is 285 Å². The van der Waals surface area contributed by atoms with Crippen LogP contribution in [0.4, 0.5) is 0 Å². The lowest BCUT2D eigenvalue weighted by Gasteiger charge is -2.25. The number of para-hydroxylation sites is 1. The average molecular weight is 667 g/mol. The molecule has 1 atom stereocenters. The van der Waals surface area contributed by atoms with Gasteiger partial charge in [0.15, 0.2) is 4.80 Å². The third kappa shape index (κ3) is 6.29. The molecule has 0 spiro atoms. The summed E-state index contributed by atoms with van der Waals surface area (Å²) in [6, 6.07) is 34.7. The Morgan fingerprint density at radius 1 is 0.857 bits per heavy atom. The molecule has 242 valence electrons. The highest BCUT2D eigenvalue weighted by atomic mass is 32.1. The standard InChI is InChI=1S/C39H30N4O5S/c1-25-33(38(46)48-24-26-12-6-3-7-13-26)35(28-18-20-29(21-19-28)37(45)47-2)43-36(44)32(49-39(43)40-25)22-30-23-42(31-16-10-5-11-17-31)41-34(30)27-14-8-4-9-15-27/h3-23,35H,24H2,1-2H3. The molecule has 0 amide bonds. The van der Waals surface area contributed by atoms with Gasteiger partial charge in [-0.05, 0) is 48.4 Å². The lowest BCUT2D eigenvalue weighted by molar-refractivity contribution is -0.140. The van der Waals surface area contributed by atoms with Crippen LogP contribution in [-0.2, 0) is 20.9 Å². The zero-order valence-corrected chi connectivity index (χ0v) is 27.5. The first kappa shape index (κ1) is 31.5. The number of benzene rings is 4. The monoisotopic (exact) mass is 666 g/mol. The largest absolute Gasteiger partial charge is 0.465 e. The van der Waals surface area contributed by atoms with Gasteiger partial charge in [0.1, 0.15) is 6.61 Å². The van der Waals surface area contributed by atoms with E-state index in [2.05, 4.69) is 0 Å². The molecule has 0 fully saturated rings. The summed E-state index contributed by atoms with van der Waals surface area (Å²) in [4.78, 5) is 45.6. The van der Waals surface area contributed by atoms with E-state index in [1.165, 1.54) is 23.0 Å². The summed E-state index contributed by atoms with van der Waals surface area (Å²) in [5.74, 6) is -1.08. The van der Waals surface area contributed by atoms with Crippen LogP contribution in [0.5, 0.6) is 0 Å². The van der Waals surface area contributed by atoms with E-state index < -0.39 is 18.0 Å². The van der Waals surface area contributed by atoms with Gasteiger partial charge in [-0.15, -0.1) is 0 Å². The minimum atomic E-state index is -0.853. The number of allylic oxidation sites excluding steroid dienone is 1. The number of hydrogen-bond acceptors (Lipinski definition) is 8. The third-order valence-electron chi connectivity index (χ3n) is 8.20. The van der Waals surface area contributed by atoms with Gasteiger partial charge in [0.05, 0.1) is 45.9 Å². The maximum atomic E-state index is 14.4. The van der Waals surface area contributed by atoms with Crippen molar-refractivity contribution in [3.63, 3.8) is 0 Å². The van der Waals surface area contributed by atoms with Gasteiger partial charge in [-0.25, -0.2) is 19.3 Å². The number of nitrogens with zero attached hydrogens (tertiary/aromatic N) is 4. The molecular formula is C39H30N4O5S. The SMILES string of the molecule is COC(=O)c1ccc(C2C(C(=O)OCc3ccccc3)=C(C)N=c3sc(=Cc4cn(-c5ccccc5)nc4-c4ccccc4)c(=O)n32)cc1. The second kappa shape index (κ2) is 13.5. The molecule has 1 aliphatic heterocycles. The van der Waals surface area contributed by atoms with Crippen molar-refractivity contribution in [2.24, 2.45) is 4.99 Å². The van der Waals surface area contributed by atoms with E-state index in [0.29, 0.717) is 31.9 Å². The summed E-state index contributed by atoms with van der Waals surface area (Å²) in [6.45, 7) is 1.80. The van der Waals surface area contributed by atoms with Crippen LogP contribution in [0.1, 0.15) is 40.0 Å². The molecule has 49 heavy (non-hydrogen) atoms. The summed E-state index contributed by atoms with van der Waals surface area (Å²) in [5, 5.41) is 4.89. The lowest BCUT2D eigenvalue weighted by atomic mass is 9.95. The minimum Gasteiger partial charge on any atom is -0.465 e. The number of rotatable bonds is 8. The van der Waals surface area contributed by atoms with Gasteiger partial charge >= 0.3 is 11.9 Å². The number of aromatic nitrogens is 3. The lowest BCUT2D eigenvalue weighted by Crippen LogP contribution is -2.39. The Morgan fingerprint density at radius 3 is 2.18 bits per heavy atom. The van der Waals surface area contributed by atoms with Crippen LogP contribution in [0.3, 0.4) is 0 Å². The highest BCUT2D eigenvalue weighted by Gasteiger charge is 2.33. The zero-order valence-electron chi connectivity index (χ0n) is 26.6. The highest BCUT2D eigenvalue weighted by molar-refractivity contribution is 7.07. The molecule has 2 aromatic heterocycles. The quantitative estimate of drug-likeness (QED) is 0.196. The smallest absolute Gasteiger partial charge is 0.338 e. The van der Waals surface area contributed by atoms with Crippen molar-refractivity contribution in [2.75, 3.05) is 7.11 Å². The van der Waals surface area contributed by atoms with E-state index in [1.807, 2.05) is 103 Å². The van der Waals surface area contributed by atoms with Crippen LogP contribution in [0.25, 0.3) is 23.0 Å². The third-order valence-corrected chi connectivity index (χ3v) is 9.18. The van der Waals surface area contributed by atoms with Gasteiger partial charge in [0.25, 0.3) is 5.56 Å². The predicted octanol–water partition coefficient (Wildman–Crippen LogP) is 5.62. The molecule has 0 saturated carbocycles. The molecule has 0 bridgehead atoms. The second-order valence-electron chi connectivity index (χ2n) is 11.3. The maximum absolute atomic E-state index is 14.4. The van der Waals surface area contributed by atoms with Gasteiger partial charge in [-0.1, -0.05) is 102 Å². The topological polar surface area (TPSA) is 105 Å². The molecule has 4 aromatic carbocycles. The Kier molecular flexibility index (Phi) is 8.70. The van der Waals surface area contributed by atoms with Gasteiger partial charge in [-0.3, -0.25) is 9.36 Å². The Bertz CT molecular complexity index is 2380. The van der Waals surface area contributed by atoms with E-state index in [9.17, 15) is 14.4 Å². The van der Waals surface area contributed by atoms with E-state index in [4.69, 9.17) is 19.6 Å². The van der Waals surface area contributed by atoms with Crippen LogP contribution in [0, 0.1) is 0 Å². The van der Waals surface area contributed by atoms with Gasteiger partial charge in [0.2, 0.25) is 0 Å². The fourth-order valence-corrected chi connectivity index (χ4v) is 6.82. The number of ether oxygens (including phenoxy) is 2. The normalized spacial score (nSPS) is 14.2. The summed E-state index contributed by atoms with van der Waals surface area (Å²) in [7, 11) is 1.31. The second-order valence-corrected chi connectivity index (χ2v) is 12.3. The summed E-state index contributed by atoms with van der Waals surface area (Å²) < 4.78 is 14.4. The van der Waals surface area contributed by atoms with E-state index in [1.54, 1.807) is 35.9 Å². The first-order valence-electron chi connectivity index (χ1n) is 15.5. The molecule has 1 unspecified atom stereocenters. The zero-order chi connectivity index (χ0) is 33.9. The summed E-state index contributed by atoms with van der Waals surface area (Å²) in [5.41, 5.74) is 5.39. The number of thiazole rings is 1. The number of esters is 2. The van der Waals surface area contributed by atoms with Crippen molar-refractivity contribution in [3.05, 3.63) is 175 Å². The Balaban J connectivity index is 1.36. The summed E-state index contributed by atoms with van der Waals surface area (Å²) >= 11 is 1.23. The first-order valence-corrected chi connectivity index (χ1v) is 16.4. The van der Waals surface area contributed by atoms with E-state index >= 15 is 0 Å². The molecule has 9 nitrogen and oxygen atoms in total. The minimum absolute atomic E-state index is 0.0581. The molecule has 1 aliphatic rings. The van der Waals surface area contributed by atoms with Crippen LogP contribution in [-0.4, -0.2) is 33.4 Å². The molecular weight excluding hydrogens is 637 g/mol. The van der Waals surface area contributed by atoms with Crippen molar-refractivity contribution in [1.82, 2.24) is 14.3 Å². The maximum Gasteiger partial charge on any atom is 0.338 e. The Morgan fingerprint density at radius 2 is 1.51 bits per heavy atom. The molecule has 3 heterocycles. The van der Waals surface area contributed by atoms with Crippen molar-refractivity contribution >= 4 is 29.4 Å². The van der Waals surface area contributed by atoms with Crippen molar-refractivity contribution < 1.29 is 19.1 Å². The number of carbonyl (C=O) groups excluding carboxylic acids is 2. The number of carbonyl (C=O) groups is 2. The number of fused-ring (bicyclic) bond motifs is 1. The first-order chi connectivity index (χ1) is 23.9. The number of hydrogen-bond donors (Lipinski definition) is 0. The van der Waals surface area contributed by atoms with Crippen LogP contribution in [0.2, 0.25) is 0 Å². The fraction of sp³-hybridized carbons (Fsp3) is 0.103. The summed E-state index contributed by atoms with van der Waals surface area (Å²) in [6.07, 6.45) is 3.72. The van der Waals surface area contributed by atoms with Crippen LogP contribution >= 0.6 is 11.3 Å². The van der Waals surface area contributed by atoms with Crippen molar-refractivity contribution in [1.29, 1.82) is 0 Å². The van der Waals surface area contributed by atoms with Crippen molar-refractivity contribution in [3.8, 4) is 16.9 Å². The average Bonchev–Trinajstić information content (AvgIpc) is 3.71. The van der Waals surface area contributed by atoms with Crippen LogP contribution < -0.4 is 14.9 Å². The molecule has 10 heteroatoms. The number of methoxy groups -OCH3 is 1. The van der Waals surface area contributed by atoms with Gasteiger partial charge < -0.3 is 9.47 Å². The van der Waals surface area contributed by atoms with Gasteiger partial charge in [0, 0.05) is 17.3 Å². The van der Waals surface area contributed by atoms with Crippen molar-refractivity contribution in [2.45, 2.75) is 19.6 Å². The fourth-order valence-electron chi connectivity index (χ4n) is 5.79. The van der Waals surface area contributed by atoms with E-state index in [0.717, 1.165) is 22.4 Å². The molecule has 0 radical (unpaired) electrons. The van der Waals surface area contributed by atoms with Gasteiger partial charge in [-0.2, -0.15) is 5.10 Å².